The zero-order valence-corrected chi connectivity index (χ0v) is 17.9. The van der Waals surface area contributed by atoms with Crippen LogP contribution in [0.15, 0.2) is 70.2 Å². The Bertz CT molecular complexity index is 1310. The molecule has 0 fully saturated rings. The van der Waals surface area contributed by atoms with Crippen LogP contribution in [-0.2, 0) is 16.4 Å². The molecule has 4 aromatic rings. The summed E-state index contributed by atoms with van der Waals surface area (Å²) in [4.78, 5) is 19.5. The highest BCUT2D eigenvalue weighted by Gasteiger charge is 2.24. The largest absolute Gasteiger partial charge is 0.497 e. The summed E-state index contributed by atoms with van der Waals surface area (Å²) in [6.07, 6.45) is 2.64. The van der Waals surface area contributed by atoms with Crippen molar-refractivity contribution >= 4 is 42.4 Å². The maximum atomic E-state index is 13.4. The lowest BCUT2D eigenvalue weighted by molar-refractivity contribution is 0.0983. The minimum atomic E-state index is -3.44. The number of carbonyl (C=O) groups is 1. The summed E-state index contributed by atoms with van der Waals surface area (Å²) in [6.45, 7) is 0.159. The van der Waals surface area contributed by atoms with Crippen molar-refractivity contribution in [3.8, 4) is 5.75 Å². The van der Waals surface area contributed by atoms with Crippen LogP contribution in [0.25, 0.3) is 10.2 Å². The lowest BCUT2D eigenvalue weighted by Crippen LogP contribution is -2.30. The van der Waals surface area contributed by atoms with Gasteiger partial charge < -0.3 is 9.15 Å². The minimum absolute atomic E-state index is 0.0836. The molecular formula is C21H18N2O5S2. The topological polar surface area (TPSA) is 89.7 Å². The zero-order chi connectivity index (χ0) is 21.3. The first-order chi connectivity index (χ1) is 14.3. The van der Waals surface area contributed by atoms with Crippen molar-refractivity contribution in [3.63, 3.8) is 0 Å². The number of furan rings is 1. The molecule has 0 spiro atoms. The third kappa shape index (κ3) is 4.07. The van der Waals surface area contributed by atoms with Gasteiger partial charge in [0.25, 0.3) is 5.91 Å². The van der Waals surface area contributed by atoms with Crippen LogP contribution in [0, 0.1) is 0 Å². The number of ether oxygens (including phenoxy) is 1. The number of amides is 1. The number of rotatable bonds is 6. The Morgan fingerprint density at radius 1 is 1.17 bits per heavy atom. The van der Waals surface area contributed by atoms with Gasteiger partial charge in [-0.1, -0.05) is 17.4 Å². The van der Waals surface area contributed by atoms with Gasteiger partial charge in [-0.25, -0.2) is 13.4 Å². The first-order valence-corrected chi connectivity index (χ1v) is 11.6. The molecule has 0 atom stereocenters. The van der Waals surface area contributed by atoms with Gasteiger partial charge in [0.05, 0.1) is 35.0 Å². The number of anilines is 1. The van der Waals surface area contributed by atoms with E-state index in [4.69, 9.17) is 9.15 Å². The number of sulfone groups is 1. The van der Waals surface area contributed by atoms with Gasteiger partial charge in [-0.3, -0.25) is 9.69 Å². The fraction of sp³-hybridized carbons (Fsp3) is 0.143. The van der Waals surface area contributed by atoms with Crippen LogP contribution < -0.4 is 9.64 Å². The highest BCUT2D eigenvalue weighted by molar-refractivity contribution is 7.90. The predicted octanol–water partition coefficient (Wildman–Crippen LogP) is 4.15. The second-order valence-electron chi connectivity index (χ2n) is 6.60. The predicted molar refractivity (Wildman–Crippen MR) is 115 cm³/mol. The van der Waals surface area contributed by atoms with Crippen LogP contribution in [0.2, 0.25) is 0 Å². The summed E-state index contributed by atoms with van der Waals surface area (Å²) in [5, 5.41) is 0.476. The second kappa shape index (κ2) is 7.92. The summed E-state index contributed by atoms with van der Waals surface area (Å²) < 4.78 is 35.4. The van der Waals surface area contributed by atoms with Crippen LogP contribution in [0.1, 0.15) is 16.1 Å². The van der Waals surface area contributed by atoms with E-state index in [1.165, 1.54) is 34.6 Å². The van der Waals surface area contributed by atoms with E-state index in [-0.39, 0.29) is 22.9 Å². The van der Waals surface area contributed by atoms with E-state index in [0.717, 1.165) is 16.5 Å². The number of fused-ring (bicyclic) bond motifs is 1. The monoisotopic (exact) mass is 442 g/mol. The normalized spacial score (nSPS) is 11.5. The van der Waals surface area contributed by atoms with Crippen LogP contribution in [0.4, 0.5) is 5.13 Å². The Morgan fingerprint density at radius 3 is 2.70 bits per heavy atom. The molecule has 154 valence electrons. The van der Waals surface area contributed by atoms with E-state index in [2.05, 4.69) is 4.98 Å². The van der Waals surface area contributed by atoms with Crippen molar-refractivity contribution in [1.82, 2.24) is 4.98 Å². The van der Waals surface area contributed by atoms with Gasteiger partial charge in [0.15, 0.2) is 15.0 Å². The van der Waals surface area contributed by atoms with E-state index >= 15 is 0 Å². The summed E-state index contributed by atoms with van der Waals surface area (Å²) in [5.74, 6) is 0.907. The number of hydrogen-bond donors (Lipinski definition) is 0. The van der Waals surface area contributed by atoms with Gasteiger partial charge in [0.1, 0.15) is 11.5 Å². The maximum absolute atomic E-state index is 13.4. The standard InChI is InChI=1S/C21H18N2O5S2/c1-27-15-8-9-18-19(12-15)29-21(22-18)23(13-16-6-4-10-28-16)20(24)14-5-3-7-17(11-14)30(2,25)26/h3-12H,13H2,1-2H3. The molecule has 0 bridgehead atoms. The molecule has 2 aromatic heterocycles. The molecule has 0 radical (unpaired) electrons. The van der Waals surface area contributed by atoms with Crippen LogP contribution in [0.5, 0.6) is 5.75 Å². The molecule has 9 heteroatoms. The van der Waals surface area contributed by atoms with Gasteiger partial charge in [0, 0.05) is 11.8 Å². The molecule has 30 heavy (non-hydrogen) atoms. The van der Waals surface area contributed by atoms with E-state index in [9.17, 15) is 13.2 Å². The Balaban J connectivity index is 1.78. The van der Waals surface area contributed by atoms with E-state index in [1.54, 1.807) is 37.4 Å². The highest BCUT2D eigenvalue weighted by atomic mass is 32.2. The van der Waals surface area contributed by atoms with E-state index in [1.807, 2.05) is 12.1 Å². The average Bonchev–Trinajstić information content (AvgIpc) is 3.39. The number of hydrogen-bond acceptors (Lipinski definition) is 7. The summed E-state index contributed by atoms with van der Waals surface area (Å²) in [7, 11) is -1.86. The van der Waals surface area contributed by atoms with Crippen molar-refractivity contribution in [2.24, 2.45) is 0 Å². The molecule has 0 unspecified atom stereocenters. The van der Waals surface area contributed by atoms with Crippen LogP contribution in [0.3, 0.4) is 0 Å². The third-order valence-electron chi connectivity index (χ3n) is 4.46. The number of nitrogens with zero attached hydrogens (tertiary/aromatic N) is 2. The lowest BCUT2D eigenvalue weighted by atomic mass is 10.2. The highest BCUT2D eigenvalue weighted by Crippen LogP contribution is 2.33. The number of carbonyl (C=O) groups excluding carboxylic acids is 1. The zero-order valence-electron chi connectivity index (χ0n) is 16.2. The van der Waals surface area contributed by atoms with E-state index in [0.29, 0.717) is 16.6 Å². The Labute approximate surface area is 177 Å². The van der Waals surface area contributed by atoms with Crippen molar-refractivity contribution in [1.29, 1.82) is 0 Å². The third-order valence-corrected chi connectivity index (χ3v) is 6.61. The fourth-order valence-electron chi connectivity index (χ4n) is 2.94. The number of methoxy groups -OCH3 is 1. The summed E-state index contributed by atoms with van der Waals surface area (Å²) in [5.41, 5.74) is 0.985. The number of thiazole rings is 1. The Kier molecular flexibility index (Phi) is 5.31. The van der Waals surface area contributed by atoms with Gasteiger partial charge in [0.2, 0.25) is 0 Å². The summed E-state index contributed by atoms with van der Waals surface area (Å²) in [6, 6.07) is 15.0. The first kappa shape index (κ1) is 20.1. The van der Waals surface area contributed by atoms with Crippen molar-refractivity contribution in [3.05, 3.63) is 72.2 Å². The number of aromatic nitrogens is 1. The minimum Gasteiger partial charge on any atom is -0.497 e. The molecule has 0 aliphatic carbocycles. The van der Waals surface area contributed by atoms with Gasteiger partial charge >= 0.3 is 0 Å². The molecule has 0 N–H and O–H groups in total. The molecule has 1 amide bonds. The Morgan fingerprint density at radius 2 is 2.00 bits per heavy atom. The average molecular weight is 443 g/mol. The Hall–Kier alpha value is -3.17. The molecule has 4 rings (SSSR count). The quantitative estimate of drug-likeness (QED) is 0.446. The molecule has 0 saturated heterocycles. The smallest absolute Gasteiger partial charge is 0.260 e. The molecule has 0 aliphatic rings. The van der Waals surface area contributed by atoms with Crippen LogP contribution in [-0.4, -0.2) is 32.7 Å². The van der Waals surface area contributed by atoms with Crippen molar-refractivity contribution in [2.75, 3.05) is 18.3 Å². The number of benzene rings is 2. The molecule has 0 aliphatic heterocycles. The molecular weight excluding hydrogens is 424 g/mol. The molecule has 2 aromatic carbocycles. The maximum Gasteiger partial charge on any atom is 0.260 e. The van der Waals surface area contributed by atoms with Gasteiger partial charge in [-0.05, 0) is 48.5 Å². The van der Waals surface area contributed by atoms with Crippen LogP contribution >= 0.6 is 11.3 Å². The first-order valence-electron chi connectivity index (χ1n) is 8.94. The molecule has 2 heterocycles. The second-order valence-corrected chi connectivity index (χ2v) is 9.63. The SMILES string of the molecule is COc1ccc2nc(N(Cc3ccco3)C(=O)c3cccc(S(C)(=O)=O)c3)sc2c1. The van der Waals surface area contributed by atoms with E-state index < -0.39 is 9.84 Å². The van der Waals surface area contributed by atoms with Gasteiger partial charge in [-0.2, -0.15) is 0 Å². The fourth-order valence-corrected chi connectivity index (χ4v) is 4.59. The van der Waals surface area contributed by atoms with Crippen molar-refractivity contribution < 1.29 is 22.4 Å². The summed E-state index contributed by atoms with van der Waals surface area (Å²) >= 11 is 1.34. The lowest BCUT2D eigenvalue weighted by Gasteiger charge is -2.19. The van der Waals surface area contributed by atoms with Crippen molar-refractivity contribution in [2.45, 2.75) is 11.4 Å². The molecule has 0 saturated carbocycles. The van der Waals surface area contributed by atoms with Gasteiger partial charge in [-0.15, -0.1) is 0 Å². The molecule has 7 nitrogen and oxygen atoms in total.